The number of benzene rings is 1. The maximum Gasteiger partial charge on any atom is 0.130 e. The minimum atomic E-state index is 0.180. The highest BCUT2D eigenvalue weighted by atomic mass is 35.5. The first-order chi connectivity index (χ1) is 9.65. The van der Waals surface area contributed by atoms with E-state index in [2.05, 4.69) is 28.7 Å². The Balaban J connectivity index is 2.17. The van der Waals surface area contributed by atoms with Gasteiger partial charge in [-0.05, 0) is 39.1 Å². The van der Waals surface area contributed by atoms with Gasteiger partial charge < -0.3 is 14.6 Å². The molecule has 0 aliphatic rings. The molecule has 1 atom stereocenters. The molecule has 108 valence electrons. The van der Waals surface area contributed by atoms with Gasteiger partial charge in [0.2, 0.25) is 0 Å². The van der Waals surface area contributed by atoms with Crippen LogP contribution in [0.2, 0.25) is 5.02 Å². The van der Waals surface area contributed by atoms with Crippen molar-refractivity contribution in [1.29, 1.82) is 0 Å². The molecule has 0 fully saturated rings. The average molecular weight is 294 g/mol. The molecule has 2 rings (SSSR count). The normalized spacial score (nSPS) is 12.4. The second-order valence-corrected chi connectivity index (χ2v) is 5.09. The minimum Gasteiger partial charge on any atom is -0.487 e. The van der Waals surface area contributed by atoms with Crippen molar-refractivity contribution in [3.8, 4) is 5.75 Å². The lowest BCUT2D eigenvalue weighted by molar-refractivity contribution is 0.290. The van der Waals surface area contributed by atoms with Crippen LogP contribution in [-0.4, -0.2) is 16.6 Å². The molecule has 1 heterocycles. The SMILES string of the molecule is CCn1cncc1COc1ccc(Cl)cc1C(C)NC. The Kier molecular flexibility index (Phi) is 5.04. The summed E-state index contributed by atoms with van der Waals surface area (Å²) in [6, 6.07) is 5.88. The first kappa shape index (κ1) is 14.9. The predicted molar refractivity (Wildman–Crippen MR) is 81.2 cm³/mol. The van der Waals surface area contributed by atoms with Crippen LogP contribution in [0.15, 0.2) is 30.7 Å². The van der Waals surface area contributed by atoms with E-state index in [4.69, 9.17) is 16.3 Å². The van der Waals surface area contributed by atoms with Crippen molar-refractivity contribution in [1.82, 2.24) is 14.9 Å². The van der Waals surface area contributed by atoms with Crippen LogP contribution in [0.5, 0.6) is 5.75 Å². The largest absolute Gasteiger partial charge is 0.487 e. The zero-order valence-electron chi connectivity index (χ0n) is 12.1. The summed E-state index contributed by atoms with van der Waals surface area (Å²) in [7, 11) is 1.92. The number of ether oxygens (including phenoxy) is 1. The number of halogens is 1. The summed E-state index contributed by atoms with van der Waals surface area (Å²) in [4.78, 5) is 4.14. The van der Waals surface area contributed by atoms with Gasteiger partial charge in [-0.3, -0.25) is 0 Å². The highest BCUT2D eigenvalue weighted by Crippen LogP contribution is 2.28. The second-order valence-electron chi connectivity index (χ2n) is 4.65. The Morgan fingerprint density at radius 2 is 2.25 bits per heavy atom. The van der Waals surface area contributed by atoms with Gasteiger partial charge in [0.1, 0.15) is 12.4 Å². The Bertz CT molecular complexity index is 568. The van der Waals surface area contributed by atoms with Crippen LogP contribution >= 0.6 is 11.6 Å². The Labute approximate surface area is 124 Å². The summed E-state index contributed by atoms with van der Waals surface area (Å²) in [6.45, 7) is 5.55. The molecule has 1 aromatic heterocycles. The van der Waals surface area contributed by atoms with Crippen molar-refractivity contribution < 1.29 is 4.74 Å². The maximum atomic E-state index is 6.07. The summed E-state index contributed by atoms with van der Waals surface area (Å²) in [5.41, 5.74) is 2.12. The predicted octanol–water partition coefficient (Wildman–Crippen LogP) is 3.42. The summed E-state index contributed by atoms with van der Waals surface area (Å²) in [5.74, 6) is 0.847. The lowest BCUT2D eigenvalue weighted by Crippen LogP contribution is -2.14. The van der Waals surface area contributed by atoms with Gasteiger partial charge in [0.15, 0.2) is 0 Å². The van der Waals surface area contributed by atoms with Crippen molar-refractivity contribution in [3.63, 3.8) is 0 Å². The molecule has 20 heavy (non-hydrogen) atoms. The molecule has 0 spiro atoms. The van der Waals surface area contributed by atoms with E-state index in [1.807, 2.05) is 37.8 Å². The maximum absolute atomic E-state index is 6.07. The third kappa shape index (κ3) is 3.32. The molecular weight excluding hydrogens is 274 g/mol. The van der Waals surface area contributed by atoms with E-state index in [0.29, 0.717) is 11.6 Å². The summed E-state index contributed by atoms with van der Waals surface area (Å²) in [6.07, 6.45) is 3.65. The van der Waals surface area contributed by atoms with Crippen LogP contribution in [0.1, 0.15) is 31.1 Å². The van der Waals surface area contributed by atoms with E-state index in [0.717, 1.165) is 23.6 Å². The molecule has 1 N–H and O–H groups in total. The number of hydrogen-bond acceptors (Lipinski definition) is 3. The van der Waals surface area contributed by atoms with Crippen molar-refractivity contribution >= 4 is 11.6 Å². The Morgan fingerprint density at radius 1 is 1.45 bits per heavy atom. The standard InChI is InChI=1S/C15H20ClN3O/c1-4-19-10-18-8-13(19)9-20-15-6-5-12(16)7-14(15)11(2)17-3/h5-8,10-11,17H,4,9H2,1-3H3. The average Bonchev–Trinajstić information content (AvgIpc) is 2.92. The number of hydrogen-bond donors (Lipinski definition) is 1. The van der Waals surface area contributed by atoms with E-state index in [1.165, 1.54) is 0 Å². The first-order valence-electron chi connectivity index (χ1n) is 6.74. The molecule has 0 saturated carbocycles. The number of nitrogens with one attached hydrogen (secondary N) is 1. The van der Waals surface area contributed by atoms with Gasteiger partial charge in [0, 0.05) is 23.2 Å². The molecule has 0 aliphatic carbocycles. The molecule has 0 bridgehead atoms. The van der Waals surface area contributed by atoms with E-state index >= 15 is 0 Å². The Morgan fingerprint density at radius 3 is 2.95 bits per heavy atom. The van der Waals surface area contributed by atoms with Crippen LogP contribution in [0, 0.1) is 0 Å². The van der Waals surface area contributed by atoms with Crippen LogP contribution in [-0.2, 0) is 13.2 Å². The second kappa shape index (κ2) is 6.77. The van der Waals surface area contributed by atoms with E-state index in [1.54, 1.807) is 0 Å². The third-order valence-electron chi connectivity index (χ3n) is 3.39. The number of imidazole rings is 1. The summed E-state index contributed by atoms with van der Waals surface area (Å²) in [5, 5.41) is 3.92. The zero-order valence-corrected chi connectivity index (χ0v) is 12.8. The smallest absolute Gasteiger partial charge is 0.130 e. The van der Waals surface area contributed by atoms with Gasteiger partial charge in [-0.2, -0.15) is 0 Å². The van der Waals surface area contributed by atoms with E-state index in [-0.39, 0.29) is 6.04 Å². The minimum absolute atomic E-state index is 0.180. The molecule has 0 aliphatic heterocycles. The molecule has 0 radical (unpaired) electrons. The molecule has 5 heteroatoms. The lowest BCUT2D eigenvalue weighted by atomic mass is 10.1. The Hall–Kier alpha value is -1.52. The van der Waals surface area contributed by atoms with Crippen LogP contribution in [0.4, 0.5) is 0 Å². The number of aromatic nitrogens is 2. The quantitative estimate of drug-likeness (QED) is 0.887. The monoisotopic (exact) mass is 293 g/mol. The highest BCUT2D eigenvalue weighted by Gasteiger charge is 2.12. The molecule has 1 unspecified atom stereocenters. The van der Waals surface area contributed by atoms with Crippen LogP contribution < -0.4 is 10.1 Å². The van der Waals surface area contributed by atoms with Crippen molar-refractivity contribution in [3.05, 3.63) is 47.0 Å². The number of aryl methyl sites for hydroxylation is 1. The van der Waals surface area contributed by atoms with E-state index < -0.39 is 0 Å². The first-order valence-corrected chi connectivity index (χ1v) is 7.12. The molecule has 2 aromatic rings. The molecule has 0 amide bonds. The van der Waals surface area contributed by atoms with Gasteiger partial charge >= 0.3 is 0 Å². The summed E-state index contributed by atoms with van der Waals surface area (Å²) >= 11 is 6.07. The van der Waals surface area contributed by atoms with Gasteiger partial charge in [-0.1, -0.05) is 11.6 Å². The van der Waals surface area contributed by atoms with E-state index in [9.17, 15) is 0 Å². The van der Waals surface area contributed by atoms with Gasteiger partial charge in [0.25, 0.3) is 0 Å². The highest BCUT2D eigenvalue weighted by molar-refractivity contribution is 6.30. The van der Waals surface area contributed by atoms with Crippen molar-refractivity contribution in [2.24, 2.45) is 0 Å². The third-order valence-corrected chi connectivity index (χ3v) is 3.62. The summed E-state index contributed by atoms with van der Waals surface area (Å²) < 4.78 is 8.01. The van der Waals surface area contributed by atoms with Crippen LogP contribution in [0.25, 0.3) is 0 Å². The number of nitrogens with zero attached hydrogens (tertiary/aromatic N) is 2. The van der Waals surface area contributed by atoms with Crippen molar-refractivity contribution in [2.45, 2.75) is 33.0 Å². The van der Waals surface area contributed by atoms with Gasteiger partial charge in [-0.25, -0.2) is 4.98 Å². The fourth-order valence-electron chi connectivity index (χ4n) is 2.05. The topological polar surface area (TPSA) is 39.1 Å². The fraction of sp³-hybridized carbons (Fsp3) is 0.400. The van der Waals surface area contributed by atoms with Gasteiger partial charge in [-0.15, -0.1) is 0 Å². The lowest BCUT2D eigenvalue weighted by Gasteiger charge is -2.17. The number of rotatable bonds is 6. The van der Waals surface area contributed by atoms with Crippen LogP contribution in [0.3, 0.4) is 0 Å². The molecule has 0 saturated heterocycles. The molecule has 1 aromatic carbocycles. The molecular formula is C15H20ClN3O. The van der Waals surface area contributed by atoms with Crippen molar-refractivity contribution in [2.75, 3.05) is 7.05 Å². The molecule has 4 nitrogen and oxygen atoms in total. The zero-order chi connectivity index (χ0) is 14.5. The fourth-order valence-corrected chi connectivity index (χ4v) is 2.23. The van der Waals surface area contributed by atoms with Gasteiger partial charge in [0.05, 0.1) is 18.2 Å².